The van der Waals surface area contributed by atoms with E-state index in [1.165, 1.54) is 11.0 Å². The van der Waals surface area contributed by atoms with Crippen LogP contribution in [0.5, 0.6) is 0 Å². The van der Waals surface area contributed by atoms with Crippen LogP contribution in [0, 0.1) is 6.92 Å². The number of fused-ring (bicyclic) bond motifs is 1. The van der Waals surface area contributed by atoms with Crippen molar-refractivity contribution >= 4 is 47.1 Å². The van der Waals surface area contributed by atoms with Gasteiger partial charge in [-0.15, -0.1) is 12.4 Å². The molecule has 10 heteroatoms. The summed E-state index contributed by atoms with van der Waals surface area (Å²) in [5, 5.41) is 2.91. The molecule has 3 amide bonds. The van der Waals surface area contributed by atoms with Crippen LogP contribution in [0.1, 0.15) is 38.3 Å². The van der Waals surface area contributed by atoms with Crippen molar-refractivity contribution in [3.05, 3.63) is 125 Å². The molecular formula is C38H37ClF2N4O3. The molecule has 7 nitrogen and oxygen atoms in total. The Morgan fingerprint density at radius 2 is 1.46 bits per heavy atom. The van der Waals surface area contributed by atoms with Gasteiger partial charge in [0.15, 0.2) is 0 Å². The fourth-order valence-corrected chi connectivity index (χ4v) is 6.17. The molecule has 0 aliphatic carbocycles. The van der Waals surface area contributed by atoms with Crippen LogP contribution in [0.3, 0.4) is 0 Å². The lowest BCUT2D eigenvalue weighted by Crippen LogP contribution is -2.46. The number of rotatable bonds is 5. The van der Waals surface area contributed by atoms with Gasteiger partial charge >= 0.3 is 0 Å². The van der Waals surface area contributed by atoms with Crippen LogP contribution in [0.2, 0.25) is 0 Å². The van der Waals surface area contributed by atoms with Gasteiger partial charge in [-0.05, 0) is 49.9 Å². The third-order valence-electron chi connectivity index (χ3n) is 8.73. The highest BCUT2D eigenvalue weighted by Crippen LogP contribution is 2.44. The highest BCUT2D eigenvalue weighted by atomic mass is 35.5. The highest BCUT2D eigenvalue weighted by molar-refractivity contribution is 6.17. The number of hydrogen-bond donors (Lipinski definition) is 1. The first-order chi connectivity index (χ1) is 22.6. The lowest BCUT2D eigenvalue weighted by Gasteiger charge is -2.32. The normalized spacial score (nSPS) is 16.8. The molecule has 4 aromatic rings. The van der Waals surface area contributed by atoms with Gasteiger partial charge in [0.1, 0.15) is 0 Å². The van der Waals surface area contributed by atoms with Gasteiger partial charge in [0, 0.05) is 78.7 Å². The van der Waals surface area contributed by atoms with Crippen molar-refractivity contribution in [2.45, 2.75) is 19.3 Å². The van der Waals surface area contributed by atoms with E-state index in [9.17, 15) is 14.4 Å². The second-order valence-corrected chi connectivity index (χ2v) is 12.0. The van der Waals surface area contributed by atoms with Gasteiger partial charge in [0.05, 0.1) is 5.69 Å². The molecular weight excluding hydrogens is 634 g/mol. The molecule has 248 valence electrons. The van der Waals surface area contributed by atoms with Crippen LogP contribution in [0.4, 0.5) is 20.2 Å². The first-order valence-electron chi connectivity index (χ1n) is 15.7. The number of carbonyl (C=O) groups excluding carboxylic acids is 3. The summed E-state index contributed by atoms with van der Waals surface area (Å²) in [5.41, 5.74) is 3.07. The van der Waals surface area contributed by atoms with Crippen molar-refractivity contribution in [2.24, 2.45) is 0 Å². The number of benzene rings is 4. The van der Waals surface area contributed by atoms with Gasteiger partial charge in [-0.3, -0.25) is 14.4 Å². The monoisotopic (exact) mass is 670 g/mol. The van der Waals surface area contributed by atoms with E-state index in [1.807, 2.05) is 56.4 Å². The number of nitrogens with one attached hydrogen (secondary N) is 1. The summed E-state index contributed by atoms with van der Waals surface area (Å²) >= 11 is 0. The number of halogens is 3. The lowest BCUT2D eigenvalue weighted by molar-refractivity contribution is -0.127. The summed E-state index contributed by atoms with van der Waals surface area (Å²) in [5.74, 6) is -4.77. The predicted molar refractivity (Wildman–Crippen MR) is 188 cm³/mol. The first-order valence-corrected chi connectivity index (χ1v) is 15.7. The zero-order valence-electron chi connectivity index (χ0n) is 26.8. The summed E-state index contributed by atoms with van der Waals surface area (Å²) in [6.07, 6.45) is 0.369. The Kier molecular flexibility index (Phi) is 10.4. The van der Waals surface area contributed by atoms with Crippen LogP contribution in [-0.4, -0.2) is 73.2 Å². The van der Waals surface area contributed by atoms with Crippen molar-refractivity contribution in [2.75, 3.05) is 50.0 Å². The van der Waals surface area contributed by atoms with Crippen LogP contribution in [0.15, 0.2) is 103 Å². The van der Waals surface area contributed by atoms with E-state index in [2.05, 4.69) is 10.2 Å². The quantitative estimate of drug-likeness (QED) is 0.229. The number of carbonyl (C=O) groups is 3. The molecule has 6 rings (SSSR count). The summed E-state index contributed by atoms with van der Waals surface area (Å²) in [7, 11) is 1.96. The summed E-state index contributed by atoms with van der Waals surface area (Å²) < 4.78 is 31.9. The van der Waals surface area contributed by atoms with E-state index in [0.29, 0.717) is 43.0 Å². The van der Waals surface area contributed by atoms with Gasteiger partial charge in [0.25, 0.3) is 17.7 Å². The van der Waals surface area contributed by atoms with E-state index in [0.717, 1.165) is 11.6 Å². The molecule has 2 aliphatic heterocycles. The van der Waals surface area contributed by atoms with Crippen LogP contribution < -0.4 is 10.2 Å². The maximum absolute atomic E-state index is 16.0. The molecule has 1 saturated heterocycles. The third-order valence-corrected chi connectivity index (χ3v) is 8.73. The number of nitrogens with zero attached hydrogens (tertiary/aromatic N) is 3. The molecule has 0 aromatic heterocycles. The summed E-state index contributed by atoms with van der Waals surface area (Å²) in [6.45, 7) is 3.85. The van der Waals surface area contributed by atoms with E-state index >= 15 is 8.78 Å². The molecule has 0 atom stereocenters. The predicted octanol–water partition coefficient (Wildman–Crippen LogP) is 7.18. The average molecular weight is 671 g/mol. The minimum absolute atomic E-state index is 0. The number of anilines is 2. The van der Waals surface area contributed by atoms with E-state index in [4.69, 9.17) is 0 Å². The average Bonchev–Trinajstić information content (AvgIpc) is 3.18. The van der Waals surface area contributed by atoms with Crippen molar-refractivity contribution in [3.8, 4) is 11.1 Å². The van der Waals surface area contributed by atoms with Gasteiger partial charge in [-0.1, -0.05) is 72.3 Å². The third kappa shape index (κ3) is 7.17. The molecule has 0 unspecified atom stereocenters. The summed E-state index contributed by atoms with van der Waals surface area (Å²) in [6, 6.07) is 27.9. The zero-order chi connectivity index (χ0) is 33.1. The van der Waals surface area contributed by atoms with Gasteiger partial charge < -0.3 is 20.0 Å². The minimum atomic E-state index is -3.37. The Labute approximate surface area is 285 Å². The Balaban J connectivity index is 0.00000451. The van der Waals surface area contributed by atoms with Crippen molar-refractivity contribution < 1.29 is 23.2 Å². The topological polar surface area (TPSA) is 73.0 Å². The van der Waals surface area contributed by atoms with E-state index in [1.54, 1.807) is 53.4 Å². The van der Waals surface area contributed by atoms with Crippen LogP contribution in [0.25, 0.3) is 16.7 Å². The molecule has 0 bridgehead atoms. The fourth-order valence-electron chi connectivity index (χ4n) is 6.17. The molecule has 48 heavy (non-hydrogen) atoms. The lowest BCUT2D eigenvalue weighted by atomic mass is 9.92. The summed E-state index contributed by atoms with van der Waals surface area (Å²) in [4.78, 5) is 46.6. The van der Waals surface area contributed by atoms with Crippen molar-refractivity contribution in [1.82, 2.24) is 9.80 Å². The first kappa shape index (κ1) is 34.5. The number of para-hydroxylation sites is 2. The molecule has 2 aliphatic rings. The van der Waals surface area contributed by atoms with Crippen LogP contribution in [-0.2, 0) is 4.79 Å². The van der Waals surface area contributed by atoms with Crippen molar-refractivity contribution in [1.29, 1.82) is 0 Å². The van der Waals surface area contributed by atoms with Crippen LogP contribution >= 0.6 is 12.4 Å². The molecule has 4 aromatic carbocycles. The Hall–Kier alpha value is -4.86. The second kappa shape index (κ2) is 14.5. The fraction of sp³-hybridized carbons (Fsp3) is 0.237. The zero-order valence-corrected chi connectivity index (χ0v) is 27.6. The van der Waals surface area contributed by atoms with Gasteiger partial charge in [0.2, 0.25) is 5.91 Å². The SMILES string of the molecule is Cc1cccc(-c2c(C(=O)Nc3ccccc3)cccc2C(=O)N2CCC(F)(F)C(=CC(=O)N3CCN(C)CC3)c3ccccc32)c1.Cl. The smallest absolute Gasteiger partial charge is 0.275 e. The maximum Gasteiger partial charge on any atom is 0.275 e. The number of amides is 3. The minimum Gasteiger partial charge on any atom is -0.337 e. The van der Waals surface area contributed by atoms with Crippen molar-refractivity contribution in [3.63, 3.8) is 0 Å². The maximum atomic E-state index is 16.0. The van der Waals surface area contributed by atoms with E-state index < -0.39 is 35.6 Å². The highest BCUT2D eigenvalue weighted by Gasteiger charge is 2.42. The number of allylic oxidation sites excluding steroid dienone is 1. The number of piperazine rings is 1. The largest absolute Gasteiger partial charge is 0.337 e. The number of alkyl halides is 2. The molecule has 0 radical (unpaired) electrons. The molecule has 1 N–H and O–H groups in total. The number of likely N-dealkylation sites (N-methyl/N-ethyl adjacent to an activating group) is 1. The molecule has 1 fully saturated rings. The standard InChI is InChI=1S/C38H36F2N4O3.ClH/c1-26-10-8-11-27(24-26)35-30(36(46)41-28-12-4-3-5-13-28)15-9-16-31(35)37(47)44-19-18-38(39,40)32(29-14-6-7-17-33(29)44)25-34(45)43-22-20-42(2)21-23-43;/h3-17,24-25H,18-23H2,1-2H3,(H,41,46);1H. The second-order valence-electron chi connectivity index (χ2n) is 12.0. The number of hydrogen-bond acceptors (Lipinski definition) is 4. The Morgan fingerprint density at radius 1 is 0.792 bits per heavy atom. The Morgan fingerprint density at radius 3 is 2.19 bits per heavy atom. The molecule has 0 spiro atoms. The molecule has 2 heterocycles. The number of aryl methyl sites for hydroxylation is 1. The van der Waals surface area contributed by atoms with Gasteiger partial charge in [-0.2, -0.15) is 0 Å². The molecule has 0 saturated carbocycles. The van der Waals surface area contributed by atoms with Gasteiger partial charge in [-0.25, -0.2) is 8.78 Å². The Bertz CT molecular complexity index is 1860. The van der Waals surface area contributed by atoms with E-state index in [-0.39, 0.29) is 41.3 Å².